The molecule has 1 aromatic carbocycles. The number of likely N-dealkylation sites (tertiary alicyclic amines) is 1. The number of amides is 2. The second kappa shape index (κ2) is 9.21. The van der Waals surface area contributed by atoms with Crippen molar-refractivity contribution in [3.8, 4) is 0 Å². The third kappa shape index (κ3) is 4.43. The van der Waals surface area contributed by atoms with Gasteiger partial charge in [0.2, 0.25) is 5.91 Å². The van der Waals surface area contributed by atoms with E-state index in [1.807, 2.05) is 4.90 Å². The van der Waals surface area contributed by atoms with Crippen molar-refractivity contribution in [3.05, 3.63) is 54.0 Å². The van der Waals surface area contributed by atoms with Crippen LogP contribution in [0.2, 0.25) is 0 Å². The summed E-state index contributed by atoms with van der Waals surface area (Å²) in [7, 11) is 0. The van der Waals surface area contributed by atoms with E-state index in [0.29, 0.717) is 63.6 Å². The van der Waals surface area contributed by atoms with Crippen molar-refractivity contribution >= 4 is 23.3 Å². The lowest BCUT2D eigenvalue weighted by atomic mass is 9.94. The van der Waals surface area contributed by atoms with E-state index in [1.54, 1.807) is 41.4 Å². The molecule has 158 valence electrons. The van der Waals surface area contributed by atoms with Gasteiger partial charge in [-0.15, -0.1) is 0 Å². The molecule has 8 heteroatoms. The molecule has 1 N–H and O–H groups in total. The Bertz CT molecular complexity index is 909. The van der Waals surface area contributed by atoms with Crippen molar-refractivity contribution in [3.63, 3.8) is 0 Å². The van der Waals surface area contributed by atoms with Gasteiger partial charge in [-0.2, -0.15) is 0 Å². The van der Waals surface area contributed by atoms with Crippen LogP contribution < -0.4 is 5.32 Å². The van der Waals surface area contributed by atoms with E-state index in [1.165, 1.54) is 6.07 Å². The van der Waals surface area contributed by atoms with Crippen LogP contribution in [0.25, 0.3) is 0 Å². The largest absolute Gasteiger partial charge is 0.378 e. The minimum atomic E-state index is -0.413. The second-order valence-electron chi connectivity index (χ2n) is 7.51. The molecular weight excluding hydrogens is 387 g/mol. The lowest BCUT2D eigenvalue weighted by Crippen LogP contribution is -2.47. The Morgan fingerprint density at radius 1 is 1.00 bits per heavy atom. The number of nitrogens with zero attached hydrogens (tertiary/aromatic N) is 3. The summed E-state index contributed by atoms with van der Waals surface area (Å²) in [5.41, 5.74) is 0.652. The molecule has 2 fully saturated rings. The zero-order chi connectivity index (χ0) is 20.9. The number of hydrogen-bond acceptors (Lipinski definition) is 5. The summed E-state index contributed by atoms with van der Waals surface area (Å²) in [6.45, 7) is 3.46. The fraction of sp³-hybridized carbons (Fsp3) is 0.409. The van der Waals surface area contributed by atoms with Crippen molar-refractivity contribution in [2.75, 3.05) is 44.7 Å². The molecule has 0 saturated carbocycles. The standard InChI is InChI=1S/C22H25FN4O3/c23-18-5-1-2-6-19(18)25-20-17(4-3-9-24-20)22(29)26-10-7-16(8-11-26)21(28)27-12-14-30-15-13-27/h1-6,9,16H,7-8,10-15H2,(H,24,25). The number of aromatic nitrogens is 1. The van der Waals surface area contributed by atoms with Crippen LogP contribution in [-0.4, -0.2) is 66.0 Å². The number of anilines is 2. The third-order valence-electron chi connectivity index (χ3n) is 5.62. The van der Waals surface area contributed by atoms with Crippen molar-refractivity contribution in [1.82, 2.24) is 14.8 Å². The summed E-state index contributed by atoms with van der Waals surface area (Å²) < 4.78 is 19.3. The van der Waals surface area contributed by atoms with Gasteiger partial charge in [0, 0.05) is 38.3 Å². The number of pyridine rings is 1. The molecule has 2 aliphatic heterocycles. The SMILES string of the molecule is O=C(c1cccnc1Nc1ccccc1F)N1CCC(C(=O)N2CCOCC2)CC1. The first kappa shape index (κ1) is 20.3. The maximum absolute atomic E-state index is 14.0. The minimum absolute atomic E-state index is 0.0583. The Kier molecular flexibility index (Phi) is 6.23. The topological polar surface area (TPSA) is 74.8 Å². The normalized spacial score (nSPS) is 17.6. The molecule has 2 saturated heterocycles. The Hall–Kier alpha value is -3.00. The maximum atomic E-state index is 14.0. The number of morpholine rings is 1. The second-order valence-corrected chi connectivity index (χ2v) is 7.51. The van der Waals surface area contributed by atoms with Gasteiger partial charge in [-0.25, -0.2) is 9.37 Å². The van der Waals surface area contributed by atoms with Gasteiger partial charge in [0.1, 0.15) is 11.6 Å². The monoisotopic (exact) mass is 412 g/mol. The number of carbonyl (C=O) groups excluding carboxylic acids is 2. The predicted octanol–water partition coefficient (Wildman–Crippen LogP) is 2.68. The molecule has 0 radical (unpaired) electrons. The zero-order valence-electron chi connectivity index (χ0n) is 16.7. The number of hydrogen-bond donors (Lipinski definition) is 1. The minimum Gasteiger partial charge on any atom is -0.378 e. The van der Waals surface area contributed by atoms with Crippen LogP contribution in [0.3, 0.4) is 0 Å². The van der Waals surface area contributed by atoms with Crippen LogP contribution in [0.15, 0.2) is 42.6 Å². The summed E-state index contributed by atoms with van der Waals surface area (Å²) >= 11 is 0. The van der Waals surface area contributed by atoms with Gasteiger partial charge in [-0.05, 0) is 37.1 Å². The number of ether oxygens (including phenoxy) is 1. The molecule has 3 heterocycles. The Morgan fingerprint density at radius 3 is 2.47 bits per heavy atom. The van der Waals surface area contributed by atoms with Crippen LogP contribution in [0, 0.1) is 11.7 Å². The summed E-state index contributed by atoms with van der Waals surface area (Å²) in [6, 6.07) is 9.64. The quantitative estimate of drug-likeness (QED) is 0.836. The molecule has 0 aliphatic carbocycles. The molecule has 2 amide bonds. The van der Waals surface area contributed by atoms with Crippen molar-refractivity contribution in [1.29, 1.82) is 0 Å². The van der Waals surface area contributed by atoms with Gasteiger partial charge >= 0.3 is 0 Å². The highest BCUT2D eigenvalue weighted by molar-refractivity contribution is 5.99. The molecule has 2 aromatic rings. The molecule has 0 bridgehead atoms. The Balaban J connectivity index is 1.41. The van der Waals surface area contributed by atoms with Gasteiger partial charge in [0.15, 0.2) is 0 Å². The van der Waals surface area contributed by atoms with Gasteiger partial charge in [-0.1, -0.05) is 12.1 Å². The molecule has 1 aromatic heterocycles. The highest BCUT2D eigenvalue weighted by Crippen LogP contribution is 2.25. The first-order valence-electron chi connectivity index (χ1n) is 10.3. The molecule has 30 heavy (non-hydrogen) atoms. The summed E-state index contributed by atoms with van der Waals surface area (Å²) in [6.07, 6.45) is 2.84. The highest BCUT2D eigenvalue weighted by Gasteiger charge is 2.31. The summed E-state index contributed by atoms with van der Waals surface area (Å²) in [4.78, 5) is 33.7. The van der Waals surface area contributed by atoms with E-state index in [-0.39, 0.29) is 23.4 Å². The van der Waals surface area contributed by atoms with Gasteiger partial charge in [-0.3, -0.25) is 9.59 Å². The number of halogens is 1. The molecule has 4 rings (SSSR count). The maximum Gasteiger partial charge on any atom is 0.257 e. The first-order chi connectivity index (χ1) is 14.6. The van der Waals surface area contributed by atoms with Gasteiger partial charge < -0.3 is 19.9 Å². The lowest BCUT2D eigenvalue weighted by Gasteiger charge is -2.35. The zero-order valence-corrected chi connectivity index (χ0v) is 16.7. The van der Waals surface area contributed by atoms with Crippen molar-refractivity contribution in [2.45, 2.75) is 12.8 Å². The fourth-order valence-electron chi connectivity index (χ4n) is 3.91. The number of carbonyl (C=O) groups is 2. The smallest absolute Gasteiger partial charge is 0.257 e. The van der Waals surface area contributed by atoms with E-state index in [4.69, 9.17) is 4.74 Å². The van der Waals surface area contributed by atoms with Crippen LogP contribution in [0.1, 0.15) is 23.2 Å². The number of para-hydroxylation sites is 1. The van der Waals surface area contributed by atoms with Crippen LogP contribution >= 0.6 is 0 Å². The number of nitrogens with one attached hydrogen (secondary N) is 1. The average Bonchev–Trinajstić information content (AvgIpc) is 2.81. The van der Waals surface area contributed by atoms with Crippen LogP contribution in [0.4, 0.5) is 15.9 Å². The number of piperidine rings is 1. The van der Waals surface area contributed by atoms with Gasteiger partial charge in [0.05, 0.1) is 24.5 Å². The Labute approximate surface area is 174 Å². The Morgan fingerprint density at radius 2 is 1.73 bits per heavy atom. The molecule has 0 atom stereocenters. The van der Waals surface area contributed by atoms with E-state index < -0.39 is 5.82 Å². The van der Waals surface area contributed by atoms with Crippen LogP contribution in [0.5, 0.6) is 0 Å². The highest BCUT2D eigenvalue weighted by atomic mass is 19.1. The average molecular weight is 412 g/mol. The number of rotatable bonds is 4. The van der Waals surface area contributed by atoms with Crippen molar-refractivity contribution in [2.24, 2.45) is 5.92 Å². The molecule has 0 unspecified atom stereocenters. The summed E-state index contributed by atoms with van der Waals surface area (Å²) in [5.74, 6) is -0.159. The fourth-order valence-corrected chi connectivity index (χ4v) is 3.91. The first-order valence-corrected chi connectivity index (χ1v) is 10.3. The molecule has 2 aliphatic rings. The molecule has 0 spiro atoms. The third-order valence-corrected chi connectivity index (χ3v) is 5.62. The predicted molar refractivity (Wildman–Crippen MR) is 110 cm³/mol. The van der Waals surface area contributed by atoms with E-state index in [9.17, 15) is 14.0 Å². The van der Waals surface area contributed by atoms with E-state index in [0.717, 1.165) is 0 Å². The van der Waals surface area contributed by atoms with E-state index >= 15 is 0 Å². The lowest BCUT2D eigenvalue weighted by molar-refractivity contribution is -0.141. The van der Waals surface area contributed by atoms with Gasteiger partial charge in [0.25, 0.3) is 5.91 Å². The number of benzene rings is 1. The molecular formula is C22H25FN4O3. The van der Waals surface area contributed by atoms with Crippen LogP contribution in [-0.2, 0) is 9.53 Å². The van der Waals surface area contributed by atoms with Crippen molar-refractivity contribution < 1.29 is 18.7 Å². The van der Waals surface area contributed by atoms with E-state index in [2.05, 4.69) is 10.3 Å². The molecule has 7 nitrogen and oxygen atoms in total. The summed E-state index contributed by atoms with van der Waals surface area (Å²) in [5, 5.41) is 2.92.